The van der Waals surface area contributed by atoms with Crippen molar-refractivity contribution in [1.29, 1.82) is 0 Å². The highest BCUT2D eigenvalue weighted by Gasteiger charge is 2.38. The van der Waals surface area contributed by atoms with Gasteiger partial charge in [0.2, 0.25) is 0 Å². The van der Waals surface area contributed by atoms with E-state index in [1.54, 1.807) is 36.3 Å². The fourth-order valence-electron chi connectivity index (χ4n) is 1.91. The Labute approximate surface area is 106 Å². The fourth-order valence-corrected chi connectivity index (χ4v) is 1.91. The number of benzene rings is 1. The molecule has 0 bridgehead atoms. The third kappa shape index (κ3) is 2.03. The van der Waals surface area contributed by atoms with Crippen molar-refractivity contribution in [3.63, 3.8) is 0 Å². The second kappa shape index (κ2) is 4.68. The number of carbonyl (C=O) groups is 2. The van der Waals surface area contributed by atoms with Crippen LogP contribution >= 0.6 is 0 Å². The second-order valence-electron chi connectivity index (χ2n) is 4.43. The van der Waals surface area contributed by atoms with Gasteiger partial charge in [-0.2, -0.15) is 0 Å². The van der Waals surface area contributed by atoms with Gasteiger partial charge in [-0.1, -0.05) is 0 Å². The van der Waals surface area contributed by atoms with E-state index in [9.17, 15) is 9.59 Å². The minimum atomic E-state index is -0.264. The van der Waals surface area contributed by atoms with Crippen LogP contribution in [0.3, 0.4) is 0 Å². The number of hydrogen-bond acceptors (Lipinski definition) is 3. The lowest BCUT2D eigenvalue weighted by Crippen LogP contribution is -2.36. The number of urea groups is 1. The van der Waals surface area contributed by atoms with Crippen molar-refractivity contribution in [3.8, 4) is 5.75 Å². The average Bonchev–Trinajstić information content (AvgIpc) is 2.65. The van der Waals surface area contributed by atoms with Crippen molar-refractivity contribution in [2.75, 3.05) is 18.6 Å². The zero-order valence-electron chi connectivity index (χ0n) is 10.7. The van der Waals surface area contributed by atoms with Gasteiger partial charge < -0.3 is 9.64 Å². The number of rotatable bonds is 3. The maximum absolute atomic E-state index is 12.1. The molecule has 1 aromatic carbocycles. The highest BCUT2D eigenvalue weighted by atomic mass is 16.5. The van der Waals surface area contributed by atoms with Gasteiger partial charge in [0.15, 0.2) is 0 Å². The zero-order valence-corrected chi connectivity index (χ0v) is 10.7. The van der Waals surface area contributed by atoms with E-state index in [-0.39, 0.29) is 24.5 Å². The van der Waals surface area contributed by atoms with Gasteiger partial charge in [0.1, 0.15) is 12.3 Å². The summed E-state index contributed by atoms with van der Waals surface area (Å²) in [5.74, 6) is 0.498. The molecule has 1 aliphatic rings. The molecule has 1 fully saturated rings. The Kier molecular flexibility index (Phi) is 3.23. The molecular weight excluding hydrogens is 232 g/mol. The fraction of sp³-hybridized carbons (Fsp3) is 0.385. The quantitative estimate of drug-likeness (QED) is 0.767. The van der Waals surface area contributed by atoms with Crippen LogP contribution in [0.2, 0.25) is 0 Å². The number of ether oxygens (including phenoxy) is 1. The molecule has 0 unspecified atom stereocenters. The Hall–Kier alpha value is -2.04. The molecule has 5 nitrogen and oxygen atoms in total. The molecule has 0 aromatic heterocycles. The lowest BCUT2D eigenvalue weighted by molar-refractivity contribution is -0.116. The largest absolute Gasteiger partial charge is 0.497 e. The zero-order chi connectivity index (χ0) is 13.3. The molecule has 5 heteroatoms. The molecular formula is C13H16N2O3. The molecule has 0 saturated carbocycles. The molecule has 0 spiro atoms. The Balaban J connectivity index is 2.27. The van der Waals surface area contributed by atoms with Gasteiger partial charge >= 0.3 is 6.03 Å². The van der Waals surface area contributed by atoms with Crippen molar-refractivity contribution in [2.45, 2.75) is 19.9 Å². The van der Waals surface area contributed by atoms with E-state index < -0.39 is 0 Å². The van der Waals surface area contributed by atoms with Crippen molar-refractivity contribution >= 4 is 17.6 Å². The van der Waals surface area contributed by atoms with Crippen LogP contribution < -0.4 is 9.64 Å². The van der Waals surface area contributed by atoms with Crippen molar-refractivity contribution in [1.82, 2.24) is 4.90 Å². The van der Waals surface area contributed by atoms with E-state index in [4.69, 9.17) is 4.74 Å². The number of hydrogen-bond donors (Lipinski definition) is 0. The average molecular weight is 248 g/mol. The molecule has 18 heavy (non-hydrogen) atoms. The van der Waals surface area contributed by atoms with Gasteiger partial charge in [0.25, 0.3) is 5.91 Å². The van der Waals surface area contributed by atoms with Crippen LogP contribution in [-0.2, 0) is 4.79 Å². The summed E-state index contributed by atoms with van der Waals surface area (Å²) in [6, 6.07) is 6.63. The van der Waals surface area contributed by atoms with E-state index in [0.717, 1.165) is 0 Å². The first-order valence-electron chi connectivity index (χ1n) is 5.82. The molecule has 0 N–H and O–H groups in total. The maximum atomic E-state index is 12.1. The van der Waals surface area contributed by atoms with E-state index in [0.29, 0.717) is 11.4 Å². The first-order chi connectivity index (χ1) is 8.54. The predicted octanol–water partition coefficient (Wildman–Crippen LogP) is 1.87. The van der Waals surface area contributed by atoms with Crippen LogP contribution in [0.5, 0.6) is 5.75 Å². The minimum absolute atomic E-state index is 0.0182. The molecule has 1 saturated heterocycles. The molecule has 96 valence electrons. The first kappa shape index (κ1) is 12.4. The van der Waals surface area contributed by atoms with Gasteiger partial charge in [0.05, 0.1) is 12.8 Å². The van der Waals surface area contributed by atoms with E-state index in [2.05, 4.69) is 0 Å². The van der Waals surface area contributed by atoms with Crippen LogP contribution in [0.4, 0.5) is 10.5 Å². The Bertz CT molecular complexity index is 468. The van der Waals surface area contributed by atoms with E-state index in [1.165, 1.54) is 4.90 Å². The van der Waals surface area contributed by atoms with E-state index in [1.807, 2.05) is 13.8 Å². The van der Waals surface area contributed by atoms with E-state index >= 15 is 0 Å². The van der Waals surface area contributed by atoms with Crippen molar-refractivity contribution in [2.24, 2.45) is 0 Å². The smallest absolute Gasteiger partial charge is 0.332 e. The second-order valence-corrected chi connectivity index (χ2v) is 4.43. The van der Waals surface area contributed by atoms with Crippen molar-refractivity contribution < 1.29 is 14.3 Å². The Morgan fingerprint density at radius 1 is 1.17 bits per heavy atom. The number of nitrogens with zero attached hydrogens (tertiary/aromatic N) is 2. The van der Waals surface area contributed by atoms with Gasteiger partial charge in [-0.3, -0.25) is 4.79 Å². The summed E-state index contributed by atoms with van der Waals surface area (Å²) in [6.07, 6.45) is 0. The normalized spacial score (nSPS) is 15.8. The topological polar surface area (TPSA) is 49.9 Å². The Morgan fingerprint density at radius 2 is 1.78 bits per heavy atom. The molecule has 0 radical (unpaired) electrons. The van der Waals surface area contributed by atoms with Gasteiger partial charge in [0, 0.05) is 6.04 Å². The van der Waals surface area contributed by atoms with Crippen LogP contribution in [0.15, 0.2) is 24.3 Å². The summed E-state index contributed by atoms with van der Waals surface area (Å²) in [5, 5.41) is 0. The van der Waals surface area contributed by atoms with Crippen LogP contribution in [0.1, 0.15) is 13.8 Å². The number of amides is 3. The highest BCUT2D eigenvalue weighted by Crippen LogP contribution is 2.24. The molecule has 0 atom stereocenters. The highest BCUT2D eigenvalue weighted by molar-refractivity contribution is 6.19. The van der Waals surface area contributed by atoms with Crippen molar-refractivity contribution in [3.05, 3.63) is 24.3 Å². The summed E-state index contributed by atoms with van der Waals surface area (Å²) in [6.45, 7) is 3.92. The lowest BCUT2D eigenvalue weighted by atomic mass is 10.3. The lowest BCUT2D eigenvalue weighted by Gasteiger charge is -2.20. The first-order valence-corrected chi connectivity index (χ1v) is 5.82. The SMILES string of the molecule is COc1ccc(N2C(=O)CN(C(C)C)C2=O)cc1. The van der Waals surface area contributed by atoms with Crippen LogP contribution in [0, 0.1) is 0 Å². The van der Waals surface area contributed by atoms with Gasteiger partial charge in [-0.05, 0) is 38.1 Å². The number of imide groups is 1. The van der Waals surface area contributed by atoms with Gasteiger partial charge in [-0.25, -0.2) is 9.69 Å². The summed E-state index contributed by atoms with van der Waals surface area (Å²) in [7, 11) is 1.57. The summed E-state index contributed by atoms with van der Waals surface area (Å²) in [5.41, 5.74) is 0.578. The predicted molar refractivity (Wildman–Crippen MR) is 67.7 cm³/mol. The molecule has 3 amide bonds. The summed E-state index contributed by atoms with van der Waals surface area (Å²) < 4.78 is 5.05. The summed E-state index contributed by atoms with van der Waals surface area (Å²) in [4.78, 5) is 26.8. The molecule has 1 aliphatic heterocycles. The standard InChI is InChI=1S/C13H16N2O3/c1-9(2)14-8-12(16)15(13(14)17)10-4-6-11(18-3)7-5-10/h4-7,9H,8H2,1-3H3. The maximum Gasteiger partial charge on any atom is 0.332 e. The number of methoxy groups -OCH3 is 1. The third-order valence-corrected chi connectivity index (χ3v) is 2.95. The number of anilines is 1. The van der Waals surface area contributed by atoms with Crippen LogP contribution in [0.25, 0.3) is 0 Å². The number of carbonyl (C=O) groups excluding carboxylic acids is 2. The van der Waals surface area contributed by atoms with Gasteiger partial charge in [-0.15, -0.1) is 0 Å². The third-order valence-electron chi connectivity index (χ3n) is 2.95. The minimum Gasteiger partial charge on any atom is -0.497 e. The molecule has 2 rings (SSSR count). The monoisotopic (exact) mass is 248 g/mol. The summed E-state index contributed by atoms with van der Waals surface area (Å²) >= 11 is 0. The molecule has 1 aromatic rings. The molecule has 0 aliphatic carbocycles. The van der Waals surface area contributed by atoms with Crippen LogP contribution in [-0.4, -0.2) is 36.5 Å². The molecule has 1 heterocycles. The Morgan fingerprint density at radius 3 is 2.22 bits per heavy atom.